The van der Waals surface area contributed by atoms with Crippen LogP contribution in [0, 0.1) is 0 Å². The van der Waals surface area contributed by atoms with Crippen molar-refractivity contribution in [2.75, 3.05) is 19.6 Å². The van der Waals surface area contributed by atoms with Crippen LogP contribution >= 0.6 is 0 Å². The van der Waals surface area contributed by atoms with Crippen LogP contribution in [-0.2, 0) is 4.79 Å². The molecule has 1 rings (SSSR count). The van der Waals surface area contributed by atoms with Crippen LogP contribution in [0.15, 0.2) is 0 Å². The van der Waals surface area contributed by atoms with Gasteiger partial charge in [0.05, 0.1) is 6.54 Å². The molecule has 0 aromatic heterocycles. The zero-order chi connectivity index (χ0) is 12.0. The zero-order valence-electron chi connectivity index (χ0n) is 8.98. The molecule has 1 heterocycles. The van der Waals surface area contributed by atoms with Gasteiger partial charge in [0.1, 0.15) is 0 Å². The van der Waals surface area contributed by atoms with Gasteiger partial charge in [0.25, 0.3) is 0 Å². The van der Waals surface area contributed by atoms with Crippen molar-refractivity contribution in [3.63, 3.8) is 0 Å². The molecule has 92 valence electrons. The lowest BCUT2D eigenvalue weighted by Crippen LogP contribution is -2.51. The lowest BCUT2D eigenvalue weighted by Gasteiger charge is -2.26. The number of amides is 2. The Balaban J connectivity index is 2.17. The molecule has 0 aromatic rings. The molecular weight excluding hydrogens is 214 g/mol. The van der Waals surface area contributed by atoms with E-state index in [0.717, 1.165) is 32.4 Å². The molecule has 0 saturated carbocycles. The van der Waals surface area contributed by atoms with Gasteiger partial charge in [-0.2, -0.15) is 0 Å². The van der Waals surface area contributed by atoms with Crippen LogP contribution in [0.1, 0.15) is 19.3 Å². The van der Waals surface area contributed by atoms with Gasteiger partial charge in [-0.25, -0.2) is 14.6 Å². The van der Waals surface area contributed by atoms with Gasteiger partial charge in [0.2, 0.25) is 0 Å². The molecule has 1 unspecified atom stereocenters. The van der Waals surface area contributed by atoms with Gasteiger partial charge in [-0.15, -0.1) is 0 Å². The number of piperidine rings is 1. The lowest BCUT2D eigenvalue weighted by molar-refractivity contribution is -0.146. The van der Waals surface area contributed by atoms with Gasteiger partial charge in [-0.1, -0.05) is 6.42 Å². The molecule has 16 heavy (non-hydrogen) atoms. The number of nitrogens with one attached hydrogen (secondary N) is 2. The van der Waals surface area contributed by atoms with Crippen LogP contribution in [0.5, 0.6) is 0 Å². The second-order valence-corrected chi connectivity index (χ2v) is 3.72. The third-order valence-corrected chi connectivity index (χ3v) is 2.36. The Kier molecular flexibility index (Phi) is 5.00. The number of carboxylic acid groups (broad SMARTS) is 1. The fourth-order valence-electron chi connectivity index (χ4n) is 1.47. The average molecular weight is 231 g/mol. The number of carboxylic acids is 1. The summed E-state index contributed by atoms with van der Waals surface area (Å²) in [5, 5.41) is 21.4. The number of carbonyl (C=O) groups excluding carboxylic acids is 1. The smallest absolute Gasteiger partial charge is 0.334 e. The van der Waals surface area contributed by atoms with E-state index in [1.54, 1.807) is 5.01 Å². The third-order valence-electron chi connectivity index (χ3n) is 2.36. The minimum Gasteiger partial charge on any atom is -0.479 e. The van der Waals surface area contributed by atoms with Crippen molar-refractivity contribution in [3.05, 3.63) is 0 Å². The predicted octanol–water partition coefficient (Wildman–Crippen LogP) is -0.868. The Labute approximate surface area is 93.4 Å². The maximum atomic E-state index is 11.3. The molecule has 0 bridgehead atoms. The maximum absolute atomic E-state index is 11.3. The number of carbonyl (C=O) groups is 2. The molecule has 0 aliphatic carbocycles. The van der Waals surface area contributed by atoms with E-state index >= 15 is 0 Å². The Morgan fingerprint density at radius 2 is 1.88 bits per heavy atom. The summed E-state index contributed by atoms with van der Waals surface area (Å²) >= 11 is 0. The van der Waals surface area contributed by atoms with Crippen molar-refractivity contribution < 1.29 is 19.8 Å². The Hall–Kier alpha value is -1.34. The minimum absolute atomic E-state index is 0.297. The fourth-order valence-corrected chi connectivity index (χ4v) is 1.47. The highest BCUT2D eigenvalue weighted by Gasteiger charge is 2.16. The normalized spacial score (nSPS) is 18.8. The van der Waals surface area contributed by atoms with Gasteiger partial charge in [0.15, 0.2) is 6.10 Å². The number of hydrazine groups is 1. The van der Waals surface area contributed by atoms with Crippen LogP contribution in [-0.4, -0.2) is 53.0 Å². The molecule has 2 amide bonds. The molecule has 0 spiro atoms. The number of rotatable bonds is 4. The summed E-state index contributed by atoms with van der Waals surface area (Å²) in [7, 11) is 0. The van der Waals surface area contributed by atoms with E-state index in [0.29, 0.717) is 0 Å². The Morgan fingerprint density at radius 1 is 1.25 bits per heavy atom. The molecule has 7 nitrogen and oxygen atoms in total. The van der Waals surface area contributed by atoms with Crippen molar-refractivity contribution in [1.82, 2.24) is 15.8 Å². The van der Waals surface area contributed by atoms with Gasteiger partial charge >= 0.3 is 12.0 Å². The Morgan fingerprint density at radius 3 is 2.44 bits per heavy atom. The van der Waals surface area contributed by atoms with Crippen molar-refractivity contribution in [3.8, 4) is 0 Å². The van der Waals surface area contributed by atoms with Crippen molar-refractivity contribution in [2.45, 2.75) is 25.4 Å². The standard InChI is InChI=1S/C9H17N3O4/c13-7(8(14)15)6-10-9(16)11-12-4-2-1-3-5-12/h7,13H,1-6H2,(H,14,15)(H2,10,11,16). The number of nitrogens with zero attached hydrogens (tertiary/aromatic N) is 1. The summed E-state index contributed by atoms with van der Waals surface area (Å²) in [6.45, 7) is 1.30. The topological polar surface area (TPSA) is 102 Å². The molecule has 7 heteroatoms. The largest absolute Gasteiger partial charge is 0.479 e. The van der Waals surface area contributed by atoms with E-state index in [4.69, 9.17) is 10.2 Å². The summed E-state index contributed by atoms with van der Waals surface area (Å²) in [5.74, 6) is -1.35. The second-order valence-electron chi connectivity index (χ2n) is 3.72. The van der Waals surface area contributed by atoms with Crippen LogP contribution in [0.25, 0.3) is 0 Å². The van der Waals surface area contributed by atoms with Crippen LogP contribution in [0.2, 0.25) is 0 Å². The molecule has 1 saturated heterocycles. The van der Waals surface area contributed by atoms with E-state index in [2.05, 4.69) is 10.7 Å². The molecule has 4 N–H and O–H groups in total. The predicted molar refractivity (Wildman–Crippen MR) is 55.6 cm³/mol. The quantitative estimate of drug-likeness (QED) is 0.504. The van der Waals surface area contributed by atoms with Gasteiger partial charge in [-0.3, -0.25) is 5.43 Å². The number of hydrogen-bond donors (Lipinski definition) is 4. The molecule has 1 aliphatic rings. The number of hydrogen-bond acceptors (Lipinski definition) is 4. The van der Waals surface area contributed by atoms with Crippen LogP contribution in [0.4, 0.5) is 4.79 Å². The summed E-state index contributed by atoms with van der Waals surface area (Å²) < 4.78 is 0. The number of urea groups is 1. The first-order chi connectivity index (χ1) is 7.59. The van der Waals surface area contributed by atoms with Gasteiger partial charge < -0.3 is 15.5 Å². The SMILES string of the molecule is O=C(NCC(O)C(=O)O)NN1CCCCC1. The van der Waals surface area contributed by atoms with Gasteiger partial charge in [-0.05, 0) is 12.8 Å². The molecule has 0 radical (unpaired) electrons. The minimum atomic E-state index is -1.56. The summed E-state index contributed by atoms with van der Waals surface area (Å²) in [6.07, 6.45) is 1.68. The van der Waals surface area contributed by atoms with E-state index in [1.807, 2.05) is 0 Å². The molecule has 1 atom stereocenters. The average Bonchev–Trinajstić information content (AvgIpc) is 2.27. The third kappa shape index (κ3) is 4.45. The van der Waals surface area contributed by atoms with Crippen molar-refractivity contribution in [2.24, 2.45) is 0 Å². The molecule has 1 fully saturated rings. The highest BCUT2D eigenvalue weighted by Crippen LogP contribution is 2.05. The highest BCUT2D eigenvalue weighted by atomic mass is 16.4. The van der Waals surface area contributed by atoms with Gasteiger partial charge in [0, 0.05) is 13.1 Å². The number of aliphatic hydroxyl groups is 1. The number of aliphatic hydroxyl groups excluding tert-OH is 1. The molecular formula is C9H17N3O4. The zero-order valence-corrected chi connectivity index (χ0v) is 8.98. The van der Waals surface area contributed by atoms with Crippen molar-refractivity contribution in [1.29, 1.82) is 0 Å². The molecule has 1 aliphatic heterocycles. The van der Waals surface area contributed by atoms with Crippen molar-refractivity contribution >= 4 is 12.0 Å². The first-order valence-electron chi connectivity index (χ1n) is 5.30. The number of aliphatic carboxylic acids is 1. The first kappa shape index (κ1) is 12.7. The first-order valence-corrected chi connectivity index (χ1v) is 5.30. The fraction of sp³-hybridized carbons (Fsp3) is 0.778. The van der Waals surface area contributed by atoms with E-state index in [1.165, 1.54) is 0 Å². The highest BCUT2D eigenvalue weighted by molar-refractivity contribution is 5.76. The summed E-state index contributed by atoms with van der Waals surface area (Å²) in [5.41, 5.74) is 2.59. The lowest BCUT2D eigenvalue weighted by atomic mass is 10.2. The monoisotopic (exact) mass is 231 g/mol. The van der Waals surface area contributed by atoms with E-state index in [9.17, 15) is 9.59 Å². The van der Waals surface area contributed by atoms with E-state index < -0.39 is 18.1 Å². The molecule has 0 aromatic carbocycles. The summed E-state index contributed by atoms with van der Waals surface area (Å²) in [6, 6.07) is -0.484. The Bertz CT molecular complexity index is 253. The van der Waals surface area contributed by atoms with Crippen LogP contribution in [0.3, 0.4) is 0 Å². The second kappa shape index (κ2) is 6.29. The summed E-state index contributed by atoms with van der Waals surface area (Å²) in [4.78, 5) is 21.5. The van der Waals surface area contributed by atoms with Crippen LogP contribution < -0.4 is 10.7 Å². The maximum Gasteiger partial charge on any atom is 0.334 e. The van der Waals surface area contributed by atoms with E-state index in [-0.39, 0.29) is 6.54 Å².